The van der Waals surface area contributed by atoms with E-state index in [1.807, 2.05) is 18.2 Å². The maximum Gasteiger partial charge on any atom is 0.277 e. The quantitative estimate of drug-likeness (QED) is 0.548. The molecular formula is C18H20ClN5O2. The third-order valence-electron chi connectivity index (χ3n) is 3.71. The van der Waals surface area contributed by atoms with Crippen LogP contribution < -0.4 is 16.4 Å². The van der Waals surface area contributed by atoms with Gasteiger partial charge in [-0.1, -0.05) is 54.6 Å². The Morgan fingerprint density at radius 3 is 2.31 bits per heavy atom. The summed E-state index contributed by atoms with van der Waals surface area (Å²) in [6.45, 7) is 1.79. The topological polar surface area (TPSA) is 106 Å². The highest BCUT2D eigenvalue weighted by atomic mass is 35.5. The molecule has 0 unspecified atom stereocenters. The molecule has 0 aliphatic heterocycles. The molecule has 1 aromatic heterocycles. The van der Waals surface area contributed by atoms with Gasteiger partial charge in [0.1, 0.15) is 0 Å². The van der Waals surface area contributed by atoms with E-state index in [1.165, 1.54) is 16.7 Å². The summed E-state index contributed by atoms with van der Waals surface area (Å²) >= 11 is 0. The molecule has 0 fully saturated rings. The van der Waals surface area contributed by atoms with Gasteiger partial charge in [-0.25, -0.2) is 4.63 Å². The molecule has 0 aliphatic carbocycles. The number of anilines is 1. The van der Waals surface area contributed by atoms with Crippen molar-refractivity contribution in [2.45, 2.75) is 6.54 Å². The molecule has 0 saturated heterocycles. The van der Waals surface area contributed by atoms with Crippen molar-refractivity contribution in [2.24, 2.45) is 0 Å². The first kappa shape index (κ1) is 19.4. The minimum Gasteiger partial charge on any atom is -0.379 e. The van der Waals surface area contributed by atoms with Crippen molar-refractivity contribution in [1.82, 2.24) is 20.9 Å². The monoisotopic (exact) mass is 373 g/mol. The number of aromatic nitrogens is 2. The van der Waals surface area contributed by atoms with Crippen LogP contribution in [-0.4, -0.2) is 29.3 Å². The van der Waals surface area contributed by atoms with Gasteiger partial charge in [-0.05, 0) is 27.0 Å². The van der Waals surface area contributed by atoms with Crippen molar-refractivity contribution in [1.29, 1.82) is 0 Å². The van der Waals surface area contributed by atoms with Gasteiger partial charge in [0.2, 0.25) is 11.5 Å². The van der Waals surface area contributed by atoms with Crippen molar-refractivity contribution in [3.63, 3.8) is 0 Å². The average molecular weight is 374 g/mol. The Balaban J connectivity index is 0.00000243. The van der Waals surface area contributed by atoms with Crippen LogP contribution in [0, 0.1) is 0 Å². The standard InChI is InChI=1S/C18H19N5O2.ClH/c19-17-16(22-25-23-17)18(24)21-11-10-20-12-13-6-8-15(9-7-13)14-4-2-1-3-5-14;/h1-9,20H,10-12H2,(H2,19,23)(H,21,24);1H. The predicted molar refractivity (Wildman–Crippen MR) is 102 cm³/mol. The SMILES string of the molecule is Cl.Nc1nonc1C(=O)NCCNCc1ccc(-c2ccccc2)cc1. The van der Waals surface area contributed by atoms with Gasteiger partial charge in [-0.15, -0.1) is 12.4 Å². The van der Waals surface area contributed by atoms with E-state index in [2.05, 4.69) is 62.0 Å². The summed E-state index contributed by atoms with van der Waals surface area (Å²) in [5.74, 6) is -0.406. The van der Waals surface area contributed by atoms with Crippen molar-refractivity contribution in [2.75, 3.05) is 18.8 Å². The lowest BCUT2D eigenvalue weighted by Crippen LogP contribution is -2.32. The van der Waals surface area contributed by atoms with Gasteiger partial charge < -0.3 is 16.4 Å². The molecule has 3 aromatic rings. The smallest absolute Gasteiger partial charge is 0.277 e. The van der Waals surface area contributed by atoms with E-state index in [0.29, 0.717) is 13.1 Å². The molecule has 0 atom stereocenters. The highest BCUT2D eigenvalue weighted by Gasteiger charge is 2.14. The maximum absolute atomic E-state index is 11.8. The number of nitrogen functional groups attached to an aromatic ring is 1. The lowest BCUT2D eigenvalue weighted by atomic mass is 10.0. The second-order valence-corrected chi connectivity index (χ2v) is 5.49. The van der Waals surface area contributed by atoms with Gasteiger partial charge in [0.15, 0.2) is 0 Å². The molecule has 3 rings (SSSR count). The molecule has 1 amide bonds. The second kappa shape index (κ2) is 9.55. The Bertz CT molecular complexity index is 821. The molecule has 0 aliphatic rings. The Kier molecular flexibility index (Phi) is 7.13. The van der Waals surface area contributed by atoms with E-state index in [9.17, 15) is 4.79 Å². The molecule has 2 aromatic carbocycles. The summed E-state index contributed by atoms with van der Waals surface area (Å²) in [5, 5.41) is 12.8. The first-order valence-corrected chi connectivity index (χ1v) is 7.95. The first-order valence-electron chi connectivity index (χ1n) is 7.95. The zero-order valence-corrected chi connectivity index (χ0v) is 14.8. The number of halogens is 1. The number of benzene rings is 2. The molecular weight excluding hydrogens is 354 g/mol. The second-order valence-electron chi connectivity index (χ2n) is 5.49. The van der Waals surface area contributed by atoms with Crippen LogP contribution in [0.1, 0.15) is 16.1 Å². The fraction of sp³-hybridized carbons (Fsp3) is 0.167. The lowest BCUT2D eigenvalue weighted by Gasteiger charge is -2.07. The molecule has 0 bridgehead atoms. The normalized spacial score (nSPS) is 10.2. The number of hydrogen-bond donors (Lipinski definition) is 3. The lowest BCUT2D eigenvalue weighted by molar-refractivity contribution is 0.0944. The number of carbonyl (C=O) groups excluding carboxylic acids is 1. The summed E-state index contributed by atoms with van der Waals surface area (Å²) in [6, 6.07) is 18.6. The van der Waals surface area contributed by atoms with Crippen molar-refractivity contribution in [3.8, 4) is 11.1 Å². The Hall–Kier alpha value is -2.90. The molecule has 0 saturated carbocycles. The Labute approximate surface area is 157 Å². The number of nitrogens with one attached hydrogen (secondary N) is 2. The number of nitrogens with two attached hydrogens (primary N) is 1. The summed E-state index contributed by atoms with van der Waals surface area (Å²) < 4.78 is 4.39. The molecule has 0 radical (unpaired) electrons. The Morgan fingerprint density at radius 2 is 1.65 bits per heavy atom. The summed E-state index contributed by atoms with van der Waals surface area (Å²) in [4.78, 5) is 11.8. The van der Waals surface area contributed by atoms with Crippen LogP contribution in [0.5, 0.6) is 0 Å². The third kappa shape index (κ3) is 5.05. The number of nitrogens with zero attached hydrogens (tertiary/aromatic N) is 2. The van der Waals surface area contributed by atoms with Crippen LogP contribution in [0.4, 0.5) is 5.82 Å². The van der Waals surface area contributed by atoms with E-state index in [-0.39, 0.29) is 23.9 Å². The largest absolute Gasteiger partial charge is 0.379 e. The van der Waals surface area contributed by atoms with Crippen LogP contribution in [0.25, 0.3) is 11.1 Å². The fourth-order valence-electron chi connectivity index (χ4n) is 2.38. The minimum atomic E-state index is -0.396. The number of hydrogen-bond acceptors (Lipinski definition) is 6. The maximum atomic E-state index is 11.8. The van der Waals surface area contributed by atoms with E-state index in [1.54, 1.807) is 0 Å². The third-order valence-corrected chi connectivity index (χ3v) is 3.71. The van der Waals surface area contributed by atoms with Crippen LogP contribution in [0.15, 0.2) is 59.2 Å². The summed E-state index contributed by atoms with van der Waals surface area (Å²) in [7, 11) is 0. The minimum absolute atomic E-state index is 0. The van der Waals surface area contributed by atoms with Crippen molar-refractivity contribution >= 4 is 24.1 Å². The zero-order valence-electron chi connectivity index (χ0n) is 14.0. The van der Waals surface area contributed by atoms with Crippen molar-refractivity contribution < 1.29 is 9.42 Å². The van der Waals surface area contributed by atoms with Gasteiger partial charge in [0.05, 0.1) is 0 Å². The van der Waals surface area contributed by atoms with Crippen LogP contribution in [0.3, 0.4) is 0 Å². The highest BCUT2D eigenvalue weighted by molar-refractivity contribution is 5.95. The van der Waals surface area contributed by atoms with E-state index >= 15 is 0 Å². The van der Waals surface area contributed by atoms with Gasteiger partial charge in [-0.2, -0.15) is 0 Å². The predicted octanol–water partition coefficient (Wildman–Crippen LogP) is 2.26. The number of carbonyl (C=O) groups is 1. The highest BCUT2D eigenvalue weighted by Crippen LogP contribution is 2.19. The Morgan fingerprint density at radius 1 is 0.962 bits per heavy atom. The molecule has 0 spiro atoms. The molecule has 1 heterocycles. The number of rotatable bonds is 7. The molecule has 8 heteroatoms. The van der Waals surface area contributed by atoms with E-state index in [4.69, 9.17) is 5.73 Å². The van der Waals surface area contributed by atoms with Gasteiger partial charge in [-0.3, -0.25) is 4.79 Å². The molecule has 26 heavy (non-hydrogen) atoms. The molecule has 4 N–H and O–H groups in total. The van der Waals surface area contributed by atoms with E-state index < -0.39 is 5.91 Å². The fourth-order valence-corrected chi connectivity index (χ4v) is 2.38. The first-order chi connectivity index (χ1) is 12.2. The summed E-state index contributed by atoms with van der Waals surface area (Å²) in [6.07, 6.45) is 0. The van der Waals surface area contributed by atoms with Crippen LogP contribution in [-0.2, 0) is 6.54 Å². The summed E-state index contributed by atoms with van der Waals surface area (Å²) in [5.41, 5.74) is 9.04. The van der Waals surface area contributed by atoms with Crippen LogP contribution >= 0.6 is 12.4 Å². The zero-order chi connectivity index (χ0) is 17.5. The molecule has 7 nitrogen and oxygen atoms in total. The van der Waals surface area contributed by atoms with Gasteiger partial charge in [0, 0.05) is 19.6 Å². The average Bonchev–Trinajstić information content (AvgIpc) is 3.09. The van der Waals surface area contributed by atoms with Gasteiger partial charge >= 0.3 is 0 Å². The van der Waals surface area contributed by atoms with E-state index in [0.717, 1.165) is 6.54 Å². The number of amides is 1. The molecule has 136 valence electrons. The van der Waals surface area contributed by atoms with Crippen molar-refractivity contribution in [3.05, 3.63) is 65.9 Å². The van der Waals surface area contributed by atoms with Crippen LogP contribution in [0.2, 0.25) is 0 Å². The van der Waals surface area contributed by atoms with Gasteiger partial charge in [0.25, 0.3) is 5.91 Å².